The number of rotatable bonds is 7. The van der Waals surface area contributed by atoms with Gasteiger partial charge in [0.2, 0.25) is 5.91 Å². The Kier molecular flexibility index (Phi) is 7.67. The second-order valence-electron chi connectivity index (χ2n) is 7.92. The number of carbonyl (C=O) groups excluding carboxylic acids is 2. The lowest BCUT2D eigenvalue weighted by molar-refractivity contribution is -0.111. The fourth-order valence-corrected chi connectivity index (χ4v) is 3.61. The number of ether oxygens (including phenoxy) is 2. The first-order chi connectivity index (χ1) is 16.6. The number of hydrogen-bond acceptors (Lipinski definition) is 5. The molecule has 0 bridgehead atoms. The topological polar surface area (TPSA) is 80.8 Å². The first-order valence-corrected chi connectivity index (χ1v) is 11.2. The molecule has 7 nitrogen and oxygen atoms in total. The van der Waals surface area contributed by atoms with Crippen LogP contribution in [0, 0.1) is 6.92 Å². The monoisotopic (exact) mass is 457 g/mol. The van der Waals surface area contributed by atoms with Gasteiger partial charge in [0.15, 0.2) is 0 Å². The summed E-state index contributed by atoms with van der Waals surface area (Å²) in [5, 5.41) is 2.88. The third-order valence-electron chi connectivity index (χ3n) is 5.56. The van der Waals surface area contributed by atoms with Crippen molar-refractivity contribution >= 4 is 23.6 Å². The molecule has 0 atom stereocenters. The molecule has 0 unspecified atom stereocenters. The molecule has 174 valence electrons. The number of pyridine rings is 1. The normalized spacial score (nSPS) is 13.6. The molecule has 1 aliphatic rings. The van der Waals surface area contributed by atoms with Gasteiger partial charge in [-0.15, -0.1) is 0 Å². The average molecular weight is 458 g/mol. The van der Waals surface area contributed by atoms with E-state index in [9.17, 15) is 9.59 Å². The van der Waals surface area contributed by atoms with E-state index in [0.29, 0.717) is 44.2 Å². The van der Waals surface area contributed by atoms with Gasteiger partial charge >= 0.3 is 0 Å². The predicted molar refractivity (Wildman–Crippen MR) is 131 cm³/mol. The summed E-state index contributed by atoms with van der Waals surface area (Å²) in [6.45, 7) is 4.53. The number of anilines is 1. The van der Waals surface area contributed by atoms with Crippen LogP contribution in [0.2, 0.25) is 0 Å². The number of benzene rings is 2. The van der Waals surface area contributed by atoms with E-state index in [0.717, 1.165) is 22.4 Å². The van der Waals surface area contributed by atoms with Crippen molar-refractivity contribution in [2.24, 2.45) is 0 Å². The fraction of sp³-hybridized carbons (Fsp3) is 0.222. The van der Waals surface area contributed by atoms with Crippen LogP contribution in [0.5, 0.6) is 5.75 Å². The first-order valence-electron chi connectivity index (χ1n) is 11.2. The molecule has 2 aromatic carbocycles. The maximum atomic E-state index is 12.9. The van der Waals surface area contributed by atoms with Gasteiger partial charge in [-0.05, 0) is 54.5 Å². The van der Waals surface area contributed by atoms with Crippen LogP contribution in [-0.4, -0.2) is 48.0 Å². The SMILES string of the molecule is Cc1c(NC(=O)C=Cc2ccc(OCc3cccnc3)cc2)cccc1C(=O)N1CCOCC1. The number of nitrogens with one attached hydrogen (secondary N) is 1. The van der Waals surface area contributed by atoms with E-state index in [1.54, 1.807) is 41.6 Å². The maximum Gasteiger partial charge on any atom is 0.254 e. The molecule has 7 heteroatoms. The number of hydrogen-bond donors (Lipinski definition) is 1. The summed E-state index contributed by atoms with van der Waals surface area (Å²) in [6, 6.07) is 16.7. The molecule has 1 saturated heterocycles. The molecule has 34 heavy (non-hydrogen) atoms. The Labute approximate surface area is 199 Å². The molecule has 2 heterocycles. The minimum Gasteiger partial charge on any atom is -0.489 e. The van der Waals surface area contributed by atoms with E-state index in [2.05, 4.69) is 10.3 Å². The van der Waals surface area contributed by atoms with E-state index >= 15 is 0 Å². The highest BCUT2D eigenvalue weighted by Gasteiger charge is 2.21. The number of nitrogens with zero attached hydrogens (tertiary/aromatic N) is 2. The van der Waals surface area contributed by atoms with E-state index < -0.39 is 0 Å². The second-order valence-corrected chi connectivity index (χ2v) is 7.92. The summed E-state index contributed by atoms with van der Waals surface area (Å²) < 4.78 is 11.1. The molecular weight excluding hydrogens is 430 g/mol. The molecule has 2 amide bonds. The van der Waals surface area contributed by atoms with Crippen molar-refractivity contribution in [1.82, 2.24) is 9.88 Å². The molecule has 0 aliphatic carbocycles. The molecule has 1 fully saturated rings. The zero-order valence-electron chi connectivity index (χ0n) is 19.1. The van der Waals surface area contributed by atoms with Crippen molar-refractivity contribution in [3.05, 3.63) is 95.3 Å². The minimum absolute atomic E-state index is 0.0433. The molecule has 3 aromatic rings. The molecule has 4 rings (SSSR count). The zero-order chi connectivity index (χ0) is 23.8. The molecular formula is C27H27N3O4. The van der Waals surface area contributed by atoms with Crippen molar-refractivity contribution in [1.29, 1.82) is 0 Å². The molecule has 0 radical (unpaired) electrons. The van der Waals surface area contributed by atoms with Gasteiger partial charge in [-0.3, -0.25) is 14.6 Å². The Morgan fingerprint density at radius 2 is 1.88 bits per heavy atom. The molecule has 1 aliphatic heterocycles. The maximum absolute atomic E-state index is 12.9. The Bertz CT molecular complexity index is 1150. The van der Waals surface area contributed by atoms with Gasteiger partial charge in [0.1, 0.15) is 12.4 Å². The Morgan fingerprint density at radius 3 is 2.62 bits per heavy atom. The minimum atomic E-state index is -0.268. The second kappa shape index (κ2) is 11.2. The molecule has 0 saturated carbocycles. The molecule has 1 N–H and O–H groups in total. The van der Waals surface area contributed by atoms with Gasteiger partial charge in [0.05, 0.1) is 13.2 Å². The van der Waals surface area contributed by atoms with Gasteiger partial charge in [-0.2, -0.15) is 0 Å². The summed E-state index contributed by atoms with van der Waals surface area (Å²) >= 11 is 0. The molecule has 1 aromatic heterocycles. The van der Waals surface area contributed by atoms with Crippen molar-refractivity contribution in [3.8, 4) is 5.75 Å². The lowest BCUT2D eigenvalue weighted by Gasteiger charge is -2.27. The fourth-order valence-electron chi connectivity index (χ4n) is 3.61. The van der Waals surface area contributed by atoms with E-state index in [-0.39, 0.29) is 11.8 Å². The zero-order valence-corrected chi connectivity index (χ0v) is 19.1. The average Bonchev–Trinajstić information content (AvgIpc) is 2.89. The molecule has 0 spiro atoms. The van der Waals surface area contributed by atoms with Crippen molar-refractivity contribution in [2.75, 3.05) is 31.6 Å². The predicted octanol–water partition coefficient (Wildman–Crippen LogP) is 4.09. The highest BCUT2D eigenvalue weighted by molar-refractivity contribution is 6.04. The van der Waals surface area contributed by atoms with Crippen LogP contribution in [0.4, 0.5) is 5.69 Å². The highest BCUT2D eigenvalue weighted by Crippen LogP contribution is 2.21. The summed E-state index contributed by atoms with van der Waals surface area (Å²) in [7, 11) is 0. The van der Waals surface area contributed by atoms with Crippen LogP contribution in [0.15, 0.2) is 73.1 Å². The van der Waals surface area contributed by atoms with Crippen LogP contribution in [0.25, 0.3) is 6.08 Å². The third kappa shape index (κ3) is 6.08. The van der Waals surface area contributed by atoms with Crippen LogP contribution < -0.4 is 10.1 Å². The Balaban J connectivity index is 1.34. The van der Waals surface area contributed by atoms with E-state index in [1.807, 2.05) is 43.3 Å². The summed E-state index contributed by atoms with van der Waals surface area (Å²) in [5.41, 5.74) is 3.82. The summed E-state index contributed by atoms with van der Waals surface area (Å²) in [6.07, 6.45) is 6.70. The van der Waals surface area contributed by atoms with Crippen LogP contribution in [0.3, 0.4) is 0 Å². The van der Waals surface area contributed by atoms with Crippen molar-refractivity contribution < 1.29 is 19.1 Å². The Hall–Kier alpha value is -3.97. The van der Waals surface area contributed by atoms with Crippen molar-refractivity contribution in [3.63, 3.8) is 0 Å². The van der Waals surface area contributed by atoms with Gasteiger partial charge in [0.25, 0.3) is 5.91 Å². The lowest BCUT2D eigenvalue weighted by atomic mass is 10.0. The lowest BCUT2D eigenvalue weighted by Crippen LogP contribution is -2.41. The smallest absolute Gasteiger partial charge is 0.254 e. The van der Waals surface area contributed by atoms with Gasteiger partial charge < -0.3 is 19.7 Å². The van der Waals surface area contributed by atoms with Crippen LogP contribution in [-0.2, 0) is 16.1 Å². The van der Waals surface area contributed by atoms with Crippen LogP contribution in [0.1, 0.15) is 27.0 Å². The van der Waals surface area contributed by atoms with Gasteiger partial charge in [-0.1, -0.05) is 24.3 Å². The third-order valence-corrected chi connectivity index (χ3v) is 5.56. The van der Waals surface area contributed by atoms with E-state index in [4.69, 9.17) is 9.47 Å². The number of amides is 2. The highest BCUT2D eigenvalue weighted by atomic mass is 16.5. The van der Waals surface area contributed by atoms with Gasteiger partial charge in [0, 0.05) is 48.4 Å². The van der Waals surface area contributed by atoms with Gasteiger partial charge in [-0.25, -0.2) is 0 Å². The van der Waals surface area contributed by atoms with E-state index in [1.165, 1.54) is 6.08 Å². The first kappa shape index (κ1) is 23.2. The largest absolute Gasteiger partial charge is 0.489 e. The number of carbonyl (C=O) groups is 2. The summed E-state index contributed by atoms with van der Waals surface area (Å²) in [4.78, 5) is 31.2. The van der Waals surface area contributed by atoms with Crippen molar-refractivity contribution in [2.45, 2.75) is 13.5 Å². The Morgan fingerprint density at radius 1 is 1.09 bits per heavy atom. The standard InChI is InChI=1S/C27H27N3O4/c1-20-24(27(32)30-14-16-33-17-15-30)5-2-6-25(20)29-26(31)12-9-21-7-10-23(11-8-21)34-19-22-4-3-13-28-18-22/h2-13,18H,14-17,19H2,1H3,(H,29,31). The number of aromatic nitrogens is 1. The number of morpholine rings is 1. The summed E-state index contributed by atoms with van der Waals surface area (Å²) in [5.74, 6) is 0.428. The quantitative estimate of drug-likeness (QED) is 0.541. The van der Waals surface area contributed by atoms with Crippen LogP contribution >= 0.6 is 0 Å².